The van der Waals surface area contributed by atoms with Gasteiger partial charge < -0.3 is 4.98 Å². The zero-order valence-corrected chi connectivity index (χ0v) is 44.8. The number of carbonyl (C=O) groups excluding carboxylic acids is 1. The van der Waals surface area contributed by atoms with Crippen LogP contribution < -0.4 is 0 Å². The number of benzene rings is 4. The standard InChI is InChI=1S/C10H11NO3.C10H11NO2.C10H11N.C8H9NO2.8C2H6/c1-7(8(2)12)9-5-3-4-6-10(9)11(13)14;1-3-8(2)9-6-4-5-7-10(9)11(12)13;1-7-8(2)11-10-6-4-3-5-9(7)10;1-2-7-5-3-4-6-8(7)9(10)11;8*1-2/h3-7H,1-2H3;3-7H,1-2H3;3-6,11H,1-2H3;3-6H,2H2,1H3;8*1-2H3. The maximum Gasteiger partial charge on any atom is 0.276 e. The largest absolute Gasteiger partial charge is 0.358 e. The molecule has 0 aliphatic carbocycles. The third-order valence-electron chi connectivity index (χ3n) is 7.95. The molecule has 0 fully saturated rings. The highest BCUT2D eigenvalue weighted by atomic mass is 16.6. The molecule has 11 nitrogen and oxygen atoms in total. The van der Waals surface area contributed by atoms with Gasteiger partial charge in [-0.1, -0.05) is 197 Å². The molecule has 0 bridgehead atoms. The van der Waals surface area contributed by atoms with Crippen LogP contribution in [0.1, 0.15) is 179 Å². The van der Waals surface area contributed by atoms with Crippen molar-refractivity contribution in [1.82, 2.24) is 4.98 Å². The molecule has 0 aliphatic rings. The first-order chi connectivity index (χ1) is 31.2. The summed E-state index contributed by atoms with van der Waals surface area (Å²) in [5.74, 6) is -0.490. The van der Waals surface area contributed by atoms with Crippen LogP contribution in [0.4, 0.5) is 17.1 Å². The molecular weight excluding hydrogens is 817 g/mol. The van der Waals surface area contributed by atoms with E-state index in [9.17, 15) is 35.1 Å². The summed E-state index contributed by atoms with van der Waals surface area (Å²) < 4.78 is 0. The van der Waals surface area contributed by atoms with Crippen LogP contribution in [0.25, 0.3) is 16.5 Å². The molecule has 1 unspecified atom stereocenters. The monoisotopic (exact) mass is 907 g/mol. The first-order valence-corrected chi connectivity index (χ1v) is 23.6. The number of nitro groups is 3. The fourth-order valence-electron chi connectivity index (χ4n) is 4.77. The smallest absolute Gasteiger partial charge is 0.276 e. The van der Waals surface area contributed by atoms with Crippen LogP contribution in [0.5, 0.6) is 0 Å². The van der Waals surface area contributed by atoms with Gasteiger partial charge in [-0.15, -0.1) is 0 Å². The zero-order chi connectivity index (χ0) is 52.7. The van der Waals surface area contributed by atoms with Gasteiger partial charge in [0.1, 0.15) is 5.78 Å². The number of rotatable bonds is 7. The lowest BCUT2D eigenvalue weighted by Crippen LogP contribution is -2.06. The van der Waals surface area contributed by atoms with Crippen LogP contribution in [0.15, 0.2) is 103 Å². The van der Waals surface area contributed by atoms with Gasteiger partial charge in [-0.3, -0.25) is 35.1 Å². The molecule has 1 heterocycles. The van der Waals surface area contributed by atoms with Crippen molar-refractivity contribution in [1.29, 1.82) is 0 Å². The van der Waals surface area contributed by atoms with Gasteiger partial charge in [0.2, 0.25) is 0 Å². The van der Waals surface area contributed by atoms with Crippen LogP contribution in [0.3, 0.4) is 0 Å². The van der Waals surface area contributed by atoms with E-state index in [0.29, 0.717) is 17.5 Å². The number of hydrogen-bond acceptors (Lipinski definition) is 7. The van der Waals surface area contributed by atoms with Gasteiger partial charge in [-0.25, -0.2) is 0 Å². The summed E-state index contributed by atoms with van der Waals surface area (Å²) in [6.07, 6.45) is 2.57. The zero-order valence-electron chi connectivity index (χ0n) is 44.8. The molecule has 1 aromatic heterocycles. The van der Waals surface area contributed by atoms with Crippen molar-refractivity contribution >= 4 is 39.3 Å². The number of ketones is 1. The van der Waals surface area contributed by atoms with Crippen LogP contribution in [-0.2, 0) is 11.2 Å². The molecule has 1 atom stereocenters. The van der Waals surface area contributed by atoms with E-state index in [-0.39, 0.29) is 32.7 Å². The van der Waals surface area contributed by atoms with E-state index < -0.39 is 10.8 Å². The number of Topliss-reactive ketones (excluding diaryl/α,β-unsaturated/α-hetero) is 1. The lowest BCUT2D eigenvalue weighted by atomic mass is 9.96. The molecule has 4 aromatic carbocycles. The number of carbonyl (C=O) groups is 1. The first kappa shape index (κ1) is 73.4. The second-order valence-corrected chi connectivity index (χ2v) is 11.1. The SMILES string of the molecule is CC.CC.CC.CC.CC.CC.CC.CC.CC(=O)C(C)c1ccccc1[N+](=O)[O-].CC=C(C)c1ccccc1[N+](=O)[O-].CCc1ccccc1[N+](=O)[O-].Cc1[nH]c2ccccc2c1C. The minimum absolute atomic E-state index is 0.00944. The summed E-state index contributed by atoms with van der Waals surface area (Å²) in [5.41, 5.74) is 7.14. The molecule has 368 valence electrons. The van der Waals surface area contributed by atoms with Gasteiger partial charge in [0.05, 0.1) is 20.3 Å². The molecule has 0 saturated heterocycles. The molecule has 11 heteroatoms. The third-order valence-corrected chi connectivity index (χ3v) is 7.95. The highest BCUT2D eigenvalue weighted by Gasteiger charge is 2.20. The average Bonchev–Trinajstić information content (AvgIpc) is 3.68. The Kier molecular flexibility index (Phi) is 57.2. The Labute approximate surface area is 395 Å². The number of fused-ring (bicyclic) bond motifs is 1. The summed E-state index contributed by atoms with van der Waals surface area (Å²) in [5, 5.41) is 33.0. The van der Waals surface area contributed by atoms with Crippen molar-refractivity contribution in [2.45, 2.75) is 172 Å². The van der Waals surface area contributed by atoms with E-state index in [2.05, 4.69) is 43.1 Å². The van der Waals surface area contributed by atoms with Crippen LogP contribution in [0, 0.1) is 44.2 Å². The number of hydrogen-bond donors (Lipinski definition) is 1. The van der Waals surface area contributed by atoms with E-state index >= 15 is 0 Å². The van der Waals surface area contributed by atoms with E-state index in [0.717, 1.165) is 11.1 Å². The molecule has 0 spiro atoms. The predicted octanol–water partition coefficient (Wildman–Crippen LogP) is 18.5. The molecule has 0 aliphatic heterocycles. The summed E-state index contributed by atoms with van der Waals surface area (Å²) in [6, 6.07) is 28.2. The summed E-state index contributed by atoms with van der Waals surface area (Å²) >= 11 is 0. The number of nitro benzene ring substituents is 3. The topological polar surface area (TPSA) is 162 Å². The van der Waals surface area contributed by atoms with Crippen LogP contribution in [-0.4, -0.2) is 25.5 Å². The Bertz CT molecular complexity index is 1950. The maximum atomic E-state index is 11.1. The Hall–Kier alpha value is -5.97. The van der Waals surface area contributed by atoms with Crippen molar-refractivity contribution in [3.8, 4) is 0 Å². The molecule has 1 N–H and O–H groups in total. The Balaban J connectivity index is -0.000000125. The van der Waals surface area contributed by atoms with Crippen molar-refractivity contribution < 1.29 is 19.6 Å². The minimum Gasteiger partial charge on any atom is -0.358 e. The highest BCUT2D eigenvalue weighted by molar-refractivity contribution is 5.84. The van der Waals surface area contributed by atoms with Crippen molar-refractivity contribution in [3.05, 3.63) is 161 Å². The normalized spacial score (nSPS) is 9.06. The van der Waals surface area contributed by atoms with E-state index in [4.69, 9.17) is 0 Å². The van der Waals surface area contributed by atoms with Crippen molar-refractivity contribution in [2.24, 2.45) is 0 Å². The number of nitrogens with zero attached hydrogens (tertiary/aromatic N) is 3. The van der Waals surface area contributed by atoms with Crippen LogP contribution in [0.2, 0.25) is 0 Å². The number of aromatic amines is 1. The summed E-state index contributed by atoms with van der Waals surface area (Å²) in [6.45, 7) is 45.0. The molecule has 65 heavy (non-hydrogen) atoms. The molecule has 0 radical (unpaired) electrons. The van der Waals surface area contributed by atoms with Gasteiger partial charge in [-0.05, 0) is 64.3 Å². The van der Waals surface area contributed by atoms with E-state index in [1.165, 1.54) is 47.3 Å². The molecule has 0 amide bonds. The van der Waals surface area contributed by atoms with Gasteiger partial charge in [0.25, 0.3) is 17.1 Å². The minimum atomic E-state index is -0.464. The average molecular weight is 907 g/mol. The Morgan fingerprint density at radius 2 is 0.938 bits per heavy atom. The van der Waals surface area contributed by atoms with Gasteiger partial charge in [0.15, 0.2) is 0 Å². The quantitative estimate of drug-likeness (QED) is 0.125. The molecule has 5 rings (SSSR count). The molecule has 5 aromatic rings. The lowest BCUT2D eigenvalue weighted by molar-refractivity contribution is -0.385. The summed E-state index contributed by atoms with van der Waals surface area (Å²) in [4.78, 5) is 44.9. The Morgan fingerprint density at radius 3 is 1.32 bits per heavy atom. The fourth-order valence-corrected chi connectivity index (χ4v) is 4.77. The van der Waals surface area contributed by atoms with E-state index in [1.807, 2.05) is 144 Å². The van der Waals surface area contributed by atoms with Gasteiger partial charge in [0, 0.05) is 51.8 Å². The van der Waals surface area contributed by atoms with E-state index in [1.54, 1.807) is 55.5 Å². The number of para-hydroxylation sites is 4. The third kappa shape index (κ3) is 29.9. The molecule has 0 saturated carbocycles. The fraction of sp³-hybridized carbons (Fsp3) is 0.463. The number of aryl methyl sites for hydroxylation is 3. The first-order valence-electron chi connectivity index (χ1n) is 23.6. The summed E-state index contributed by atoms with van der Waals surface area (Å²) in [7, 11) is 0. The number of allylic oxidation sites excluding steroid dienone is 2. The maximum absolute atomic E-state index is 11.1. The second kappa shape index (κ2) is 50.7. The second-order valence-electron chi connectivity index (χ2n) is 11.1. The lowest BCUT2D eigenvalue weighted by Gasteiger charge is -2.07. The van der Waals surface area contributed by atoms with Crippen molar-refractivity contribution in [3.63, 3.8) is 0 Å². The van der Waals surface area contributed by atoms with Crippen LogP contribution >= 0.6 is 0 Å². The number of aromatic nitrogens is 1. The highest BCUT2D eigenvalue weighted by Crippen LogP contribution is 2.27. The van der Waals surface area contributed by atoms with Gasteiger partial charge in [-0.2, -0.15) is 0 Å². The number of H-pyrrole nitrogens is 1. The number of nitrogens with one attached hydrogen (secondary N) is 1. The predicted molar refractivity (Wildman–Crippen MR) is 286 cm³/mol. The van der Waals surface area contributed by atoms with Gasteiger partial charge >= 0.3 is 0 Å². The Morgan fingerprint density at radius 1 is 0.569 bits per heavy atom. The molecular formula is C54H90N4O7. The van der Waals surface area contributed by atoms with Crippen molar-refractivity contribution in [2.75, 3.05) is 0 Å².